The Labute approximate surface area is 93.7 Å². The lowest BCUT2D eigenvalue weighted by molar-refractivity contribution is -0.108. The highest BCUT2D eigenvalue weighted by Gasteiger charge is 2.12. The van der Waals surface area contributed by atoms with Crippen LogP contribution in [0.5, 0.6) is 0 Å². The molecule has 1 heterocycles. The highest BCUT2D eigenvalue weighted by molar-refractivity contribution is 5.81. The zero-order chi connectivity index (χ0) is 11.7. The van der Waals surface area contributed by atoms with Crippen LogP contribution in [0.2, 0.25) is 0 Å². The molecule has 0 fully saturated rings. The van der Waals surface area contributed by atoms with Crippen LogP contribution in [0.4, 0.5) is 4.39 Å². The summed E-state index contributed by atoms with van der Waals surface area (Å²) in [4.78, 5) is 10.5. The van der Waals surface area contributed by atoms with Crippen molar-refractivity contribution in [3.8, 4) is 0 Å². The van der Waals surface area contributed by atoms with Gasteiger partial charge in [0.2, 0.25) is 0 Å². The molecule has 2 aromatic rings. The second kappa shape index (κ2) is 4.08. The van der Waals surface area contributed by atoms with Crippen LogP contribution in [0.15, 0.2) is 24.4 Å². The Hall–Kier alpha value is -1.64. The number of aryl methyl sites for hydroxylation is 1. The van der Waals surface area contributed by atoms with Gasteiger partial charge >= 0.3 is 0 Å². The second-order valence-corrected chi connectivity index (χ2v) is 4.16. The van der Waals surface area contributed by atoms with E-state index in [1.54, 1.807) is 0 Å². The quantitative estimate of drug-likeness (QED) is 0.727. The summed E-state index contributed by atoms with van der Waals surface area (Å²) in [6, 6.07) is 5.25. The molecule has 0 N–H and O–H groups in total. The number of hydrogen-bond donors (Lipinski definition) is 0. The van der Waals surface area contributed by atoms with Gasteiger partial charge in [0.1, 0.15) is 12.1 Å². The van der Waals surface area contributed by atoms with Crippen molar-refractivity contribution < 1.29 is 9.18 Å². The maximum absolute atomic E-state index is 13.8. The first-order valence-electron chi connectivity index (χ1n) is 5.31. The maximum Gasteiger partial charge on any atom is 0.127 e. The van der Waals surface area contributed by atoms with E-state index < -0.39 is 0 Å². The molecule has 0 radical (unpaired) electrons. The van der Waals surface area contributed by atoms with Crippen molar-refractivity contribution in [3.63, 3.8) is 0 Å². The van der Waals surface area contributed by atoms with Gasteiger partial charge in [-0.3, -0.25) is 0 Å². The van der Waals surface area contributed by atoms with Crippen LogP contribution in [0, 0.1) is 5.82 Å². The van der Waals surface area contributed by atoms with Gasteiger partial charge in [-0.2, -0.15) is 0 Å². The fourth-order valence-corrected chi connectivity index (χ4v) is 1.95. The number of aromatic nitrogens is 1. The number of hydrogen-bond acceptors (Lipinski definition) is 1. The molecule has 2 rings (SSSR count). The molecule has 3 heteroatoms. The van der Waals surface area contributed by atoms with Crippen molar-refractivity contribution in [2.45, 2.75) is 19.3 Å². The maximum atomic E-state index is 13.8. The van der Waals surface area contributed by atoms with E-state index in [4.69, 9.17) is 0 Å². The summed E-state index contributed by atoms with van der Waals surface area (Å²) in [6.45, 7) is 1.86. The number of carbonyl (C=O) groups is 1. The highest BCUT2D eigenvalue weighted by Crippen LogP contribution is 2.26. The molecular formula is C13H14FNO. The molecule has 16 heavy (non-hydrogen) atoms. The number of fused-ring (bicyclic) bond motifs is 1. The smallest absolute Gasteiger partial charge is 0.127 e. The van der Waals surface area contributed by atoms with Gasteiger partial charge in [-0.25, -0.2) is 4.39 Å². The van der Waals surface area contributed by atoms with Crippen molar-refractivity contribution in [1.29, 1.82) is 0 Å². The first-order valence-corrected chi connectivity index (χ1v) is 5.31. The number of nitrogens with zero attached hydrogens (tertiary/aromatic N) is 1. The molecule has 1 aromatic carbocycles. The fraction of sp³-hybridized carbons (Fsp3) is 0.308. The number of rotatable bonds is 3. The normalized spacial score (nSPS) is 12.9. The van der Waals surface area contributed by atoms with Gasteiger partial charge in [-0.05, 0) is 29.7 Å². The van der Waals surface area contributed by atoms with Crippen molar-refractivity contribution in [3.05, 3.63) is 35.8 Å². The molecule has 0 saturated carbocycles. The monoisotopic (exact) mass is 219 g/mol. The summed E-state index contributed by atoms with van der Waals surface area (Å²) >= 11 is 0. The minimum atomic E-state index is -0.229. The molecule has 0 aliphatic rings. The topological polar surface area (TPSA) is 22.0 Å². The van der Waals surface area contributed by atoms with E-state index in [1.807, 2.05) is 36.9 Å². The van der Waals surface area contributed by atoms with E-state index in [0.29, 0.717) is 12.0 Å². The highest BCUT2D eigenvalue weighted by atomic mass is 19.1. The minimum Gasteiger partial charge on any atom is -0.351 e. The van der Waals surface area contributed by atoms with Crippen molar-refractivity contribution in [1.82, 2.24) is 4.57 Å². The number of aldehydes is 1. The van der Waals surface area contributed by atoms with Crippen LogP contribution < -0.4 is 0 Å². The van der Waals surface area contributed by atoms with Gasteiger partial charge in [-0.1, -0.05) is 6.92 Å². The largest absolute Gasteiger partial charge is 0.351 e. The lowest BCUT2D eigenvalue weighted by atomic mass is 9.97. The molecule has 1 atom stereocenters. The molecule has 0 aliphatic heterocycles. The molecule has 1 unspecified atom stereocenters. The lowest BCUT2D eigenvalue weighted by Gasteiger charge is -2.10. The summed E-state index contributed by atoms with van der Waals surface area (Å²) < 4.78 is 15.7. The molecule has 0 amide bonds. The van der Waals surface area contributed by atoms with Crippen LogP contribution in [0.25, 0.3) is 10.9 Å². The van der Waals surface area contributed by atoms with E-state index in [2.05, 4.69) is 0 Å². The SMILES string of the molecule is CC(CC=O)c1cc2c(ccn2C)cc1F. The summed E-state index contributed by atoms with van der Waals surface area (Å²) in [5.74, 6) is -0.301. The Kier molecular flexibility index (Phi) is 2.77. The fourth-order valence-electron chi connectivity index (χ4n) is 1.95. The van der Waals surface area contributed by atoms with Crippen molar-refractivity contribution >= 4 is 17.2 Å². The Morgan fingerprint density at radius 2 is 2.25 bits per heavy atom. The third-order valence-corrected chi connectivity index (χ3v) is 2.98. The van der Waals surface area contributed by atoms with Gasteiger partial charge in [0.25, 0.3) is 0 Å². The van der Waals surface area contributed by atoms with Gasteiger partial charge in [0.15, 0.2) is 0 Å². The molecule has 0 aliphatic carbocycles. The standard InChI is InChI=1S/C13H14FNO/c1-9(4-6-16)11-8-13-10(7-12(11)14)3-5-15(13)2/h3,5-9H,4H2,1-2H3. The molecule has 2 nitrogen and oxygen atoms in total. The third kappa shape index (κ3) is 1.73. The van der Waals surface area contributed by atoms with E-state index in [-0.39, 0.29) is 11.7 Å². The van der Waals surface area contributed by atoms with Gasteiger partial charge in [0, 0.05) is 30.6 Å². The number of benzene rings is 1. The van der Waals surface area contributed by atoms with Crippen LogP contribution in [0.3, 0.4) is 0 Å². The van der Waals surface area contributed by atoms with Crippen LogP contribution >= 0.6 is 0 Å². The molecule has 0 spiro atoms. The predicted molar refractivity (Wildman–Crippen MR) is 62.0 cm³/mol. The van der Waals surface area contributed by atoms with Crippen LogP contribution in [-0.2, 0) is 11.8 Å². The zero-order valence-corrected chi connectivity index (χ0v) is 9.40. The average molecular weight is 219 g/mol. The zero-order valence-electron chi connectivity index (χ0n) is 9.40. The molecular weight excluding hydrogens is 205 g/mol. The Morgan fingerprint density at radius 3 is 2.94 bits per heavy atom. The Balaban J connectivity index is 2.56. The molecule has 0 saturated heterocycles. The predicted octanol–water partition coefficient (Wildman–Crippen LogP) is 3.01. The summed E-state index contributed by atoms with van der Waals surface area (Å²) in [7, 11) is 1.93. The van der Waals surface area contributed by atoms with Crippen LogP contribution in [-0.4, -0.2) is 10.9 Å². The second-order valence-electron chi connectivity index (χ2n) is 4.16. The minimum absolute atomic E-state index is 0.0724. The lowest BCUT2D eigenvalue weighted by Crippen LogP contribution is -1.99. The molecule has 0 bridgehead atoms. The summed E-state index contributed by atoms with van der Waals surface area (Å²) in [5.41, 5.74) is 1.61. The Bertz CT molecular complexity index is 530. The van der Waals surface area contributed by atoms with E-state index in [0.717, 1.165) is 17.2 Å². The van der Waals surface area contributed by atoms with Gasteiger partial charge in [0.05, 0.1) is 0 Å². The Morgan fingerprint density at radius 1 is 1.50 bits per heavy atom. The van der Waals surface area contributed by atoms with Gasteiger partial charge in [-0.15, -0.1) is 0 Å². The molecule has 1 aromatic heterocycles. The summed E-state index contributed by atoms with van der Waals surface area (Å²) in [6.07, 6.45) is 3.09. The van der Waals surface area contributed by atoms with E-state index in [1.165, 1.54) is 6.07 Å². The van der Waals surface area contributed by atoms with Crippen molar-refractivity contribution in [2.24, 2.45) is 7.05 Å². The van der Waals surface area contributed by atoms with E-state index in [9.17, 15) is 9.18 Å². The number of carbonyl (C=O) groups excluding carboxylic acids is 1. The third-order valence-electron chi connectivity index (χ3n) is 2.98. The van der Waals surface area contributed by atoms with Crippen molar-refractivity contribution in [2.75, 3.05) is 0 Å². The van der Waals surface area contributed by atoms with Crippen LogP contribution in [0.1, 0.15) is 24.8 Å². The summed E-state index contributed by atoms with van der Waals surface area (Å²) in [5, 5.41) is 0.891. The first-order chi connectivity index (χ1) is 7.63. The van der Waals surface area contributed by atoms with Gasteiger partial charge < -0.3 is 9.36 Å². The number of halogens is 1. The molecule has 84 valence electrons. The first kappa shape index (κ1) is 10.9. The average Bonchev–Trinajstić information content (AvgIpc) is 2.59. The van der Waals surface area contributed by atoms with E-state index >= 15 is 0 Å².